The van der Waals surface area contributed by atoms with Crippen molar-refractivity contribution in [3.8, 4) is 11.5 Å². The second kappa shape index (κ2) is 7.52. The minimum absolute atomic E-state index is 0.198. The van der Waals surface area contributed by atoms with Gasteiger partial charge in [-0.05, 0) is 36.8 Å². The van der Waals surface area contributed by atoms with Gasteiger partial charge in [0.05, 0.1) is 13.7 Å². The minimum Gasteiger partial charge on any atom is -0.493 e. The number of hydrogen-bond acceptors (Lipinski definition) is 2. The lowest BCUT2D eigenvalue weighted by atomic mass is 9.81. The highest BCUT2D eigenvalue weighted by atomic mass is 35.5. The standard InChI is InChI=1S/C15H23ClO2/c1-4-15(5-2,12-16)10-11-18-14-9-7-6-8-13(14)17-3/h6-9H,4-5,10-12H2,1-3H3. The van der Waals surface area contributed by atoms with Crippen LogP contribution in [0.3, 0.4) is 0 Å². The SMILES string of the molecule is CCC(CC)(CCl)CCOc1ccccc1OC. The third-order valence-electron chi connectivity index (χ3n) is 3.74. The molecule has 0 atom stereocenters. The summed E-state index contributed by atoms with van der Waals surface area (Å²) in [6.07, 6.45) is 3.14. The van der Waals surface area contributed by atoms with Gasteiger partial charge in [0.15, 0.2) is 11.5 Å². The Labute approximate surface area is 115 Å². The quantitative estimate of drug-likeness (QED) is 0.647. The summed E-state index contributed by atoms with van der Waals surface area (Å²) in [7, 11) is 1.66. The number of alkyl halides is 1. The molecule has 0 heterocycles. The van der Waals surface area contributed by atoms with E-state index in [2.05, 4.69) is 13.8 Å². The minimum atomic E-state index is 0.198. The molecule has 0 saturated carbocycles. The normalized spacial score (nSPS) is 11.3. The Kier molecular flexibility index (Phi) is 6.34. The van der Waals surface area contributed by atoms with Crippen LogP contribution in [-0.2, 0) is 0 Å². The van der Waals surface area contributed by atoms with Crippen LogP contribution in [0, 0.1) is 5.41 Å². The number of ether oxygens (including phenoxy) is 2. The van der Waals surface area contributed by atoms with Crippen molar-refractivity contribution in [2.24, 2.45) is 5.41 Å². The predicted molar refractivity (Wildman–Crippen MR) is 76.8 cm³/mol. The van der Waals surface area contributed by atoms with Crippen molar-refractivity contribution in [2.75, 3.05) is 19.6 Å². The number of halogens is 1. The molecule has 0 aliphatic heterocycles. The maximum absolute atomic E-state index is 6.08. The van der Waals surface area contributed by atoms with Gasteiger partial charge in [0.25, 0.3) is 0 Å². The highest BCUT2D eigenvalue weighted by Crippen LogP contribution is 2.33. The van der Waals surface area contributed by atoms with Crippen LogP contribution in [0.25, 0.3) is 0 Å². The van der Waals surface area contributed by atoms with E-state index in [1.807, 2.05) is 24.3 Å². The molecule has 0 spiro atoms. The molecule has 0 bridgehead atoms. The third-order valence-corrected chi connectivity index (χ3v) is 4.31. The van der Waals surface area contributed by atoms with E-state index in [9.17, 15) is 0 Å². The Hall–Kier alpha value is -0.890. The molecule has 1 aromatic carbocycles. The summed E-state index contributed by atoms with van der Waals surface area (Å²) in [5.41, 5.74) is 0.198. The second-order valence-electron chi connectivity index (χ2n) is 4.59. The Morgan fingerprint density at radius 3 is 2.22 bits per heavy atom. The maximum atomic E-state index is 6.08. The van der Waals surface area contributed by atoms with Gasteiger partial charge in [0, 0.05) is 5.88 Å². The van der Waals surface area contributed by atoms with Crippen LogP contribution in [0.4, 0.5) is 0 Å². The van der Waals surface area contributed by atoms with Crippen LogP contribution in [0.2, 0.25) is 0 Å². The van der Waals surface area contributed by atoms with Gasteiger partial charge in [-0.15, -0.1) is 11.6 Å². The van der Waals surface area contributed by atoms with Crippen molar-refractivity contribution in [2.45, 2.75) is 33.1 Å². The molecule has 0 N–H and O–H groups in total. The fourth-order valence-electron chi connectivity index (χ4n) is 1.97. The average Bonchev–Trinajstić information content (AvgIpc) is 2.44. The molecule has 0 aromatic heterocycles. The second-order valence-corrected chi connectivity index (χ2v) is 4.86. The van der Waals surface area contributed by atoms with Gasteiger partial charge in [-0.1, -0.05) is 26.0 Å². The first-order chi connectivity index (χ1) is 8.71. The van der Waals surface area contributed by atoms with Gasteiger partial charge in [-0.3, -0.25) is 0 Å². The number of benzene rings is 1. The summed E-state index contributed by atoms with van der Waals surface area (Å²) in [5.74, 6) is 2.27. The average molecular weight is 271 g/mol. The largest absolute Gasteiger partial charge is 0.493 e. The summed E-state index contributed by atoms with van der Waals surface area (Å²) in [6.45, 7) is 5.05. The van der Waals surface area contributed by atoms with Crippen LogP contribution in [0.1, 0.15) is 33.1 Å². The lowest BCUT2D eigenvalue weighted by Gasteiger charge is -2.29. The Bertz CT molecular complexity index is 340. The molecule has 0 saturated heterocycles. The van der Waals surface area contributed by atoms with Crippen molar-refractivity contribution in [1.29, 1.82) is 0 Å². The van der Waals surface area contributed by atoms with Crippen LogP contribution < -0.4 is 9.47 Å². The molecular formula is C15H23ClO2. The summed E-state index contributed by atoms with van der Waals surface area (Å²) < 4.78 is 11.1. The van der Waals surface area contributed by atoms with Crippen molar-refractivity contribution in [1.82, 2.24) is 0 Å². The Morgan fingerprint density at radius 1 is 1.11 bits per heavy atom. The lowest BCUT2D eigenvalue weighted by Crippen LogP contribution is -2.24. The van der Waals surface area contributed by atoms with Crippen LogP contribution in [-0.4, -0.2) is 19.6 Å². The first-order valence-corrected chi connectivity index (χ1v) is 7.06. The van der Waals surface area contributed by atoms with Gasteiger partial charge in [-0.25, -0.2) is 0 Å². The first kappa shape index (κ1) is 15.2. The van der Waals surface area contributed by atoms with Gasteiger partial charge in [0.2, 0.25) is 0 Å². The predicted octanol–water partition coefficient (Wildman–Crippen LogP) is 4.51. The molecule has 0 radical (unpaired) electrons. The molecule has 1 aromatic rings. The van der Waals surface area contributed by atoms with Gasteiger partial charge in [-0.2, -0.15) is 0 Å². The van der Waals surface area contributed by atoms with E-state index in [-0.39, 0.29) is 5.41 Å². The summed E-state index contributed by atoms with van der Waals surface area (Å²) in [4.78, 5) is 0. The van der Waals surface area contributed by atoms with E-state index in [4.69, 9.17) is 21.1 Å². The van der Waals surface area contributed by atoms with Crippen LogP contribution in [0.5, 0.6) is 11.5 Å². The molecule has 18 heavy (non-hydrogen) atoms. The molecule has 1 rings (SSSR count). The Balaban J connectivity index is 2.55. The van der Waals surface area contributed by atoms with Crippen molar-refractivity contribution >= 4 is 11.6 Å². The lowest BCUT2D eigenvalue weighted by molar-refractivity contribution is 0.198. The monoisotopic (exact) mass is 270 g/mol. The van der Waals surface area contributed by atoms with E-state index >= 15 is 0 Å². The summed E-state index contributed by atoms with van der Waals surface area (Å²) in [5, 5.41) is 0. The topological polar surface area (TPSA) is 18.5 Å². The zero-order chi connectivity index (χ0) is 13.4. The molecule has 0 aliphatic rings. The first-order valence-electron chi connectivity index (χ1n) is 6.53. The maximum Gasteiger partial charge on any atom is 0.161 e. The zero-order valence-electron chi connectivity index (χ0n) is 11.5. The zero-order valence-corrected chi connectivity index (χ0v) is 12.3. The fraction of sp³-hybridized carbons (Fsp3) is 0.600. The van der Waals surface area contributed by atoms with E-state index < -0.39 is 0 Å². The smallest absolute Gasteiger partial charge is 0.161 e. The molecule has 3 heteroatoms. The molecular weight excluding hydrogens is 248 g/mol. The van der Waals surface area contributed by atoms with Crippen molar-refractivity contribution < 1.29 is 9.47 Å². The van der Waals surface area contributed by atoms with Crippen molar-refractivity contribution in [3.05, 3.63) is 24.3 Å². The molecule has 0 unspecified atom stereocenters. The molecule has 0 amide bonds. The van der Waals surface area contributed by atoms with Gasteiger partial charge in [0.1, 0.15) is 0 Å². The number of methoxy groups -OCH3 is 1. The molecule has 0 fully saturated rings. The summed E-state index contributed by atoms with van der Waals surface area (Å²) in [6, 6.07) is 7.72. The molecule has 2 nitrogen and oxygen atoms in total. The van der Waals surface area contributed by atoms with Crippen LogP contribution >= 0.6 is 11.6 Å². The fourth-order valence-corrected chi connectivity index (χ4v) is 2.49. The number of rotatable bonds is 8. The Morgan fingerprint density at radius 2 is 1.72 bits per heavy atom. The van der Waals surface area contributed by atoms with Crippen LogP contribution in [0.15, 0.2) is 24.3 Å². The molecule has 102 valence electrons. The van der Waals surface area contributed by atoms with Gasteiger partial charge >= 0.3 is 0 Å². The number of hydrogen-bond donors (Lipinski definition) is 0. The summed E-state index contributed by atoms with van der Waals surface area (Å²) >= 11 is 6.08. The number of para-hydroxylation sites is 2. The van der Waals surface area contributed by atoms with E-state index in [0.717, 1.165) is 30.8 Å². The highest BCUT2D eigenvalue weighted by Gasteiger charge is 2.24. The van der Waals surface area contributed by atoms with E-state index in [1.165, 1.54) is 0 Å². The van der Waals surface area contributed by atoms with E-state index in [1.54, 1.807) is 7.11 Å². The molecule has 0 aliphatic carbocycles. The third kappa shape index (κ3) is 3.81. The van der Waals surface area contributed by atoms with E-state index in [0.29, 0.717) is 12.5 Å². The highest BCUT2D eigenvalue weighted by molar-refractivity contribution is 6.18. The van der Waals surface area contributed by atoms with Gasteiger partial charge < -0.3 is 9.47 Å². The van der Waals surface area contributed by atoms with Crippen molar-refractivity contribution in [3.63, 3.8) is 0 Å².